The van der Waals surface area contributed by atoms with Crippen LogP contribution in [-0.4, -0.2) is 18.8 Å². The minimum Gasteiger partial charge on any atom is -0.496 e. The second-order valence-electron chi connectivity index (χ2n) is 9.53. The molecule has 0 saturated heterocycles. The first-order chi connectivity index (χ1) is 17.7. The summed E-state index contributed by atoms with van der Waals surface area (Å²) in [6, 6.07) is 32.0. The van der Waals surface area contributed by atoms with E-state index < -0.39 is 0 Å². The topological polar surface area (TPSA) is 46.6 Å². The Kier molecular flexibility index (Phi) is 5.65. The van der Waals surface area contributed by atoms with Gasteiger partial charge in [-0.3, -0.25) is 14.5 Å². The molecule has 0 aromatic heterocycles. The average Bonchev–Trinajstić information content (AvgIpc) is 2.92. The van der Waals surface area contributed by atoms with Crippen LogP contribution in [0.1, 0.15) is 42.2 Å². The van der Waals surface area contributed by atoms with Crippen LogP contribution in [0.3, 0.4) is 0 Å². The number of anilines is 1. The van der Waals surface area contributed by atoms with Crippen LogP contribution in [0.15, 0.2) is 108 Å². The number of fused-ring (bicyclic) bond motifs is 1. The van der Waals surface area contributed by atoms with Gasteiger partial charge in [0.1, 0.15) is 5.75 Å². The normalized spacial score (nSPS) is 20.0. The van der Waals surface area contributed by atoms with E-state index in [-0.39, 0.29) is 29.9 Å². The lowest BCUT2D eigenvalue weighted by molar-refractivity contribution is -0.120. The molecule has 4 aromatic carbocycles. The van der Waals surface area contributed by atoms with Crippen molar-refractivity contribution in [3.05, 3.63) is 119 Å². The molecule has 2 atom stereocenters. The van der Waals surface area contributed by atoms with Gasteiger partial charge in [0.2, 0.25) is 5.91 Å². The molecule has 0 bridgehead atoms. The minimum atomic E-state index is -0.320. The summed E-state index contributed by atoms with van der Waals surface area (Å²) in [6.45, 7) is 0. The molecule has 36 heavy (non-hydrogen) atoms. The largest absolute Gasteiger partial charge is 0.496 e. The predicted octanol–water partition coefficient (Wildman–Crippen LogP) is 6.77. The highest BCUT2D eigenvalue weighted by Crippen LogP contribution is 2.49. The fraction of sp³-hybridized carbons (Fsp3) is 0.188. The number of ketones is 1. The van der Waals surface area contributed by atoms with Gasteiger partial charge in [0, 0.05) is 41.0 Å². The quantitative estimate of drug-likeness (QED) is 0.329. The maximum atomic E-state index is 14.0. The van der Waals surface area contributed by atoms with E-state index in [1.165, 1.54) is 0 Å². The molecule has 178 valence electrons. The Morgan fingerprint density at radius 2 is 1.47 bits per heavy atom. The Hall–Kier alpha value is -4.18. The number of nitrogens with zero attached hydrogens (tertiary/aromatic N) is 1. The second-order valence-corrected chi connectivity index (χ2v) is 9.53. The number of methoxy groups -OCH3 is 1. The zero-order valence-electron chi connectivity index (χ0n) is 20.2. The van der Waals surface area contributed by atoms with Crippen molar-refractivity contribution in [2.24, 2.45) is 0 Å². The number of carbonyl (C=O) groups is 2. The Bertz CT molecular complexity index is 1500. The molecule has 0 fully saturated rings. The summed E-state index contributed by atoms with van der Waals surface area (Å²) in [5.74, 6) is 0.526. The zero-order chi connectivity index (χ0) is 24.6. The summed E-state index contributed by atoms with van der Waals surface area (Å²) in [4.78, 5) is 29.7. The van der Waals surface area contributed by atoms with Gasteiger partial charge in [0.15, 0.2) is 5.78 Å². The van der Waals surface area contributed by atoms with Crippen molar-refractivity contribution in [3.63, 3.8) is 0 Å². The van der Waals surface area contributed by atoms with Crippen molar-refractivity contribution < 1.29 is 14.3 Å². The Morgan fingerprint density at radius 3 is 2.31 bits per heavy atom. The molecule has 0 spiro atoms. The maximum absolute atomic E-state index is 14.0. The number of ether oxygens (including phenoxy) is 1. The van der Waals surface area contributed by atoms with Gasteiger partial charge in [-0.25, -0.2) is 0 Å². The van der Waals surface area contributed by atoms with E-state index in [2.05, 4.69) is 24.3 Å². The third kappa shape index (κ3) is 3.70. The Balaban J connectivity index is 1.56. The smallest absolute Gasteiger partial charge is 0.232 e. The third-order valence-electron chi connectivity index (χ3n) is 7.52. The molecule has 4 aromatic rings. The lowest BCUT2D eigenvalue weighted by Gasteiger charge is -2.41. The van der Waals surface area contributed by atoms with Crippen molar-refractivity contribution in [1.82, 2.24) is 0 Å². The molecule has 6 rings (SSSR count). The summed E-state index contributed by atoms with van der Waals surface area (Å²) >= 11 is 0. The highest BCUT2D eigenvalue weighted by atomic mass is 16.5. The number of hydrogen-bond acceptors (Lipinski definition) is 3. The van der Waals surface area contributed by atoms with E-state index in [9.17, 15) is 9.59 Å². The van der Waals surface area contributed by atoms with Crippen LogP contribution in [-0.2, 0) is 9.59 Å². The molecule has 1 amide bonds. The molecular formula is C32H27NO3. The van der Waals surface area contributed by atoms with Crippen molar-refractivity contribution in [2.75, 3.05) is 12.0 Å². The number of carbonyl (C=O) groups excluding carboxylic acids is 2. The lowest BCUT2D eigenvalue weighted by Crippen LogP contribution is -2.42. The van der Waals surface area contributed by atoms with Gasteiger partial charge in [-0.1, -0.05) is 84.9 Å². The van der Waals surface area contributed by atoms with Gasteiger partial charge < -0.3 is 4.74 Å². The van der Waals surface area contributed by atoms with Crippen molar-refractivity contribution >= 4 is 28.2 Å². The number of allylic oxidation sites excluding steroid dienone is 2. The van der Waals surface area contributed by atoms with E-state index in [0.717, 1.165) is 38.9 Å². The summed E-state index contributed by atoms with van der Waals surface area (Å²) in [5, 5.41) is 2.07. The van der Waals surface area contributed by atoms with E-state index >= 15 is 0 Å². The Morgan fingerprint density at radius 1 is 0.750 bits per heavy atom. The molecule has 2 unspecified atom stereocenters. The van der Waals surface area contributed by atoms with Crippen LogP contribution < -0.4 is 9.64 Å². The Labute approximate surface area is 210 Å². The van der Waals surface area contributed by atoms with E-state index in [1.807, 2.05) is 77.7 Å². The van der Waals surface area contributed by atoms with E-state index in [4.69, 9.17) is 4.74 Å². The van der Waals surface area contributed by atoms with Crippen molar-refractivity contribution in [3.8, 4) is 5.75 Å². The average molecular weight is 474 g/mol. The van der Waals surface area contributed by atoms with Gasteiger partial charge >= 0.3 is 0 Å². The molecular weight excluding hydrogens is 446 g/mol. The van der Waals surface area contributed by atoms with Gasteiger partial charge in [0.25, 0.3) is 0 Å². The summed E-state index contributed by atoms with van der Waals surface area (Å²) in [5.41, 5.74) is 4.43. The van der Waals surface area contributed by atoms with E-state index in [1.54, 1.807) is 7.11 Å². The zero-order valence-corrected chi connectivity index (χ0v) is 20.2. The number of amides is 1. The molecule has 0 radical (unpaired) electrons. The number of benzene rings is 4. The molecule has 4 heteroatoms. The van der Waals surface area contributed by atoms with Crippen LogP contribution in [0, 0.1) is 0 Å². The fourth-order valence-electron chi connectivity index (χ4n) is 5.90. The van der Waals surface area contributed by atoms with Crippen LogP contribution in [0.25, 0.3) is 10.8 Å². The highest BCUT2D eigenvalue weighted by molar-refractivity contribution is 6.11. The summed E-state index contributed by atoms with van der Waals surface area (Å²) in [7, 11) is 1.63. The highest BCUT2D eigenvalue weighted by Gasteiger charge is 2.43. The second kappa shape index (κ2) is 9.12. The van der Waals surface area contributed by atoms with Gasteiger partial charge in [-0.15, -0.1) is 0 Å². The van der Waals surface area contributed by atoms with Gasteiger partial charge in [0.05, 0.1) is 12.8 Å². The molecule has 2 aliphatic rings. The summed E-state index contributed by atoms with van der Waals surface area (Å²) in [6.07, 6.45) is 1.29. The van der Waals surface area contributed by atoms with Crippen molar-refractivity contribution in [2.45, 2.75) is 31.1 Å². The third-order valence-corrected chi connectivity index (χ3v) is 7.52. The van der Waals surface area contributed by atoms with E-state index in [0.29, 0.717) is 18.6 Å². The van der Waals surface area contributed by atoms with Crippen molar-refractivity contribution in [1.29, 1.82) is 0 Å². The maximum Gasteiger partial charge on any atom is 0.232 e. The summed E-state index contributed by atoms with van der Waals surface area (Å²) < 4.78 is 5.65. The molecule has 1 aliphatic heterocycles. The van der Waals surface area contributed by atoms with Crippen LogP contribution >= 0.6 is 0 Å². The molecule has 0 saturated carbocycles. The molecule has 1 aliphatic carbocycles. The SMILES string of the molecule is COc1ccccc1C1CC(=O)N(c2cccc3ccccc23)C2=C1C(=O)CC(c1ccccc1)C2. The van der Waals surface area contributed by atoms with Gasteiger partial charge in [-0.2, -0.15) is 0 Å². The van der Waals surface area contributed by atoms with Crippen LogP contribution in [0.4, 0.5) is 5.69 Å². The minimum absolute atomic E-state index is 0.00233. The monoisotopic (exact) mass is 473 g/mol. The molecule has 4 nitrogen and oxygen atoms in total. The van der Waals surface area contributed by atoms with Crippen LogP contribution in [0.5, 0.6) is 5.75 Å². The first kappa shape index (κ1) is 22.3. The number of Topliss-reactive ketones (excluding diaryl/α,β-unsaturated/α-hetero) is 1. The predicted molar refractivity (Wildman–Crippen MR) is 142 cm³/mol. The molecule has 0 N–H and O–H groups in total. The first-order valence-electron chi connectivity index (χ1n) is 12.4. The number of rotatable bonds is 4. The number of para-hydroxylation sites is 1. The first-order valence-corrected chi connectivity index (χ1v) is 12.4. The lowest BCUT2D eigenvalue weighted by atomic mass is 9.72. The van der Waals surface area contributed by atoms with Crippen LogP contribution in [0.2, 0.25) is 0 Å². The number of hydrogen-bond donors (Lipinski definition) is 0. The molecule has 1 heterocycles. The fourth-order valence-corrected chi connectivity index (χ4v) is 5.90. The van der Waals surface area contributed by atoms with Gasteiger partial charge in [-0.05, 0) is 35.4 Å². The standard InChI is InChI=1S/C32H27NO3/c1-36-30-17-8-7-15-25(30)26-20-31(35)33(27-16-9-13-22-12-5-6-14-24(22)27)28-18-23(19-29(34)32(26)28)21-10-3-2-4-11-21/h2-17,23,26H,18-20H2,1H3.